The van der Waals surface area contributed by atoms with Crippen molar-refractivity contribution in [2.24, 2.45) is 5.92 Å². The van der Waals surface area contributed by atoms with Crippen molar-refractivity contribution in [2.45, 2.75) is 31.6 Å². The van der Waals surface area contributed by atoms with Crippen molar-refractivity contribution in [2.75, 3.05) is 54.9 Å². The molecule has 2 aliphatic carbocycles. The zero-order valence-corrected chi connectivity index (χ0v) is 21.7. The molecule has 1 N–H and O–H groups in total. The van der Waals surface area contributed by atoms with Crippen molar-refractivity contribution in [1.82, 2.24) is 24.8 Å². The number of carbonyl (C=O) groups excluding carboxylic acids is 1. The molecule has 0 spiro atoms. The van der Waals surface area contributed by atoms with Crippen molar-refractivity contribution in [1.29, 1.82) is 0 Å². The van der Waals surface area contributed by atoms with Gasteiger partial charge in [0.05, 0.1) is 17.5 Å². The lowest BCUT2D eigenvalue weighted by Crippen LogP contribution is -2.48. The van der Waals surface area contributed by atoms with E-state index in [1.54, 1.807) is 12.4 Å². The van der Waals surface area contributed by atoms with Gasteiger partial charge < -0.3 is 10.2 Å². The Morgan fingerprint density at radius 3 is 2.57 bits per heavy atom. The SMILES string of the molecule is CS(=O)(=O)CCN1CCN(c2nc(-c3ccnc(NC(=O)C4CC4)c3)nc3cncc(C4CC4)c23)CC1. The van der Waals surface area contributed by atoms with Crippen LogP contribution in [-0.4, -0.2) is 83.9 Å². The molecule has 0 atom stereocenters. The van der Waals surface area contributed by atoms with Crippen molar-refractivity contribution < 1.29 is 13.2 Å². The van der Waals surface area contributed by atoms with E-state index in [1.807, 2.05) is 18.3 Å². The molecule has 1 saturated heterocycles. The number of hydrogen-bond donors (Lipinski definition) is 1. The highest BCUT2D eigenvalue weighted by Gasteiger charge is 2.31. The number of nitrogens with one attached hydrogen (secondary N) is 1. The van der Waals surface area contributed by atoms with E-state index >= 15 is 0 Å². The van der Waals surface area contributed by atoms with E-state index in [2.05, 4.69) is 25.1 Å². The van der Waals surface area contributed by atoms with Crippen LogP contribution in [0.1, 0.15) is 37.2 Å². The number of pyridine rings is 2. The standard InChI is InChI=1S/C26H31N7O3S/c1-37(35,36)13-12-32-8-10-33(11-9-32)25-23-20(17-2-3-17)15-27-16-21(23)29-24(31-25)19-6-7-28-22(14-19)30-26(34)18-4-5-18/h6-7,14-18H,2-5,8-13H2,1H3,(H,28,30,34). The van der Waals surface area contributed by atoms with E-state index in [0.717, 1.165) is 74.1 Å². The number of carbonyl (C=O) groups is 1. The predicted octanol–water partition coefficient (Wildman–Crippen LogP) is 2.48. The summed E-state index contributed by atoms with van der Waals surface area (Å²) in [6.45, 7) is 3.59. The average Bonchev–Trinajstić information content (AvgIpc) is 3.80. The molecule has 0 radical (unpaired) electrons. The number of sulfone groups is 1. The lowest BCUT2D eigenvalue weighted by molar-refractivity contribution is -0.117. The number of amides is 1. The van der Waals surface area contributed by atoms with Gasteiger partial charge in [0.2, 0.25) is 5.91 Å². The van der Waals surface area contributed by atoms with E-state index in [4.69, 9.17) is 9.97 Å². The zero-order chi connectivity index (χ0) is 25.6. The number of nitrogens with zero attached hydrogens (tertiary/aromatic N) is 6. The maximum atomic E-state index is 12.3. The summed E-state index contributed by atoms with van der Waals surface area (Å²) in [7, 11) is -2.99. The van der Waals surface area contributed by atoms with Crippen molar-refractivity contribution in [3.8, 4) is 11.4 Å². The predicted molar refractivity (Wildman–Crippen MR) is 142 cm³/mol. The van der Waals surface area contributed by atoms with E-state index in [1.165, 1.54) is 11.8 Å². The highest BCUT2D eigenvalue weighted by atomic mass is 32.2. The minimum Gasteiger partial charge on any atom is -0.353 e. The Kier molecular flexibility index (Phi) is 6.28. The van der Waals surface area contributed by atoms with E-state index < -0.39 is 9.84 Å². The molecule has 11 heteroatoms. The molecule has 3 aromatic heterocycles. The van der Waals surface area contributed by atoms with Crippen molar-refractivity contribution in [3.05, 3.63) is 36.3 Å². The van der Waals surface area contributed by atoms with Gasteiger partial charge >= 0.3 is 0 Å². The van der Waals surface area contributed by atoms with Crippen LogP contribution in [-0.2, 0) is 14.6 Å². The van der Waals surface area contributed by atoms with E-state index in [9.17, 15) is 13.2 Å². The van der Waals surface area contributed by atoms with Gasteiger partial charge in [-0.2, -0.15) is 0 Å². The fourth-order valence-corrected chi connectivity index (χ4v) is 5.43. The van der Waals surface area contributed by atoms with Crippen molar-refractivity contribution in [3.63, 3.8) is 0 Å². The fraction of sp³-hybridized carbons (Fsp3) is 0.500. The Hall–Kier alpha value is -3.18. The maximum absolute atomic E-state index is 12.3. The maximum Gasteiger partial charge on any atom is 0.228 e. The minimum absolute atomic E-state index is 0.0109. The highest BCUT2D eigenvalue weighted by Crippen LogP contribution is 2.45. The molecule has 1 amide bonds. The molecule has 2 saturated carbocycles. The number of aromatic nitrogens is 4. The lowest BCUT2D eigenvalue weighted by Gasteiger charge is -2.36. The van der Waals surface area contributed by atoms with Gasteiger partial charge in [-0.3, -0.25) is 14.7 Å². The Bertz CT molecular complexity index is 1450. The number of piperazine rings is 1. The second-order valence-corrected chi connectivity index (χ2v) is 12.7. The van der Waals surface area contributed by atoms with Gasteiger partial charge in [-0.05, 0) is 49.3 Å². The summed E-state index contributed by atoms with van der Waals surface area (Å²) in [5.41, 5.74) is 2.79. The second kappa shape index (κ2) is 9.60. The van der Waals surface area contributed by atoms with Gasteiger partial charge in [0, 0.05) is 68.2 Å². The Morgan fingerprint density at radius 2 is 1.86 bits per heavy atom. The third-order valence-corrected chi connectivity index (χ3v) is 8.23. The molecule has 3 aromatic rings. The highest BCUT2D eigenvalue weighted by molar-refractivity contribution is 7.90. The van der Waals surface area contributed by atoms with Crippen LogP contribution in [0.25, 0.3) is 22.3 Å². The normalized spacial score (nSPS) is 18.8. The van der Waals surface area contributed by atoms with E-state index in [0.29, 0.717) is 24.1 Å². The summed E-state index contributed by atoms with van der Waals surface area (Å²) in [6, 6.07) is 3.69. The van der Waals surface area contributed by atoms with Gasteiger partial charge in [-0.15, -0.1) is 0 Å². The van der Waals surface area contributed by atoms with Crippen LogP contribution in [0, 0.1) is 5.92 Å². The molecule has 1 aliphatic heterocycles. The number of fused-ring (bicyclic) bond motifs is 1. The quantitative estimate of drug-likeness (QED) is 0.476. The Morgan fingerprint density at radius 1 is 1.08 bits per heavy atom. The molecule has 0 bridgehead atoms. The number of anilines is 2. The first-order valence-corrected chi connectivity index (χ1v) is 15.0. The summed E-state index contributed by atoms with van der Waals surface area (Å²) in [5, 5.41) is 3.97. The largest absolute Gasteiger partial charge is 0.353 e. The molecule has 3 aliphatic rings. The summed E-state index contributed by atoms with van der Waals surface area (Å²) < 4.78 is 23.2. The molecule has 6 rings (SSSR count). The van der Waals surface area contributed by atoms with E-state index in [-0.39, 0.29) is 17.6 Å². The van der Waals surface area contributed by atoms with Crippen LogP contribution in [0.15, 0.2) is 30.7 Å². The number of rotatable bonds is 8. The second-order valence-electron chi connectivity index (χ2n) is 10.4. The smallest absolute Gasteiger partial charge is 0.228 e. The van der Waals surface area contributed by atoms with Gasteiger partial charge in [-0.1, -0.05) is 0 Å². The van der Waals surface area contributed by atoms with Crippen LogP contribution in [0.5, 0.6) is 0 Å². The molecule has 37 heavy (non-hydrogen) atoms. The average molecular weight is 522 g/mol. The molecule has 10 nitrogen and oxygen atoms in total. The summed E-state index contributed by atoms with van der Waals surface area (Å²) in [6.07, 6.45) is 10.9. The monoisotopic (exact) mass is 521 g/mol. The van der Waals surface area contributed by atoms with Gasteiger partial charge in [0.1, 0.15) is 21.5 Å². The molecule has 0 aromatic carbocycles. The first-order valence-electron chi connectivity index (χ1n) is 12.9. The minimum atomic E-state index is -2.99. The van der Waals surface area contributed by atoms with Crippen LogP contribution >= 0.6 is 0 Å². The van der Waals surface area contributed by atoms with Crippen LogP contribution in [0.2, 0.25) is 0 Å². The van der Waals surface area contributed by atoms with Gasteiger partial charge in [-0.25, -0.2) is 23.4 Å². The first kappa shape index (κ1) is 24.2. The Labute approximate surface area is 216 Å². The lowest BCUT2D eigenvalue weighted by atomic mass is 10.1. The molecule has 194 valence electrons. The third-order valence-electron chi connectivity index (χ3n) is 7.30. The summed E-state index contributed by atoms with van der Waals surface area (Å²) in [4.78, 5) is 35.5. The molecule has 4 heterocycles. The molecular formula is C26H31N7O3S. The molecular weight excluding hydrogens is 490 g/mol. The zero-order valence-electron chi connectivity index (χ0n) is 20.9. The first-order chi connectivity index (χ1) is 17.8. The van der Waals surface area contributed by atoms with Crippen LogP contribution < -0.4 is 10.2 Å². The summed E-state index contributed by atoms with van der Waals surface area (Å²) >= 11 is 0. The fourth-order valence-electron chi connectivity index (χ4n) is 4.84. The topological polar surface area (TPSA) is 121 Å². The summed E-state index contributed by atoms with van der Waals surface area (Å²) in [5.74, 6) is 2.74. The Balaban J connectivity index is 1.33. The van der Waals surface area contributed by atoms with Gasteiger partial charge in [0.15, 0.2) is 5.82 Å². The molecule has 3 fully saturated rings. The number of hydrogen-bond acceptors (Lipinski definition) is 9. The van der Waals surface area contributed by atoms with Crippen LogP contribution in [0.3, 0.4) is 0 Å². The van der Waals surface area contributed by atoms with Crippen molar-refractivity contribution >= 4 is 38.3 Å². The third kappa shape index (κ3) is 5.57. The molecule has 0 unspecified atom stereocenters. The van der Waals surface area contributed by atoms with Crippen LogP contribution in [0.4, 0.5) is 11.6 Å². The van der Waals surface area contributed by atoms with Gasteiger partial charge in [0.25, 0.3) is 0 Å².